The largest absolute Gasteiger partial charge is 0.359 e. The molecule has 0 aliphatic carbocycles. The highest BCUT2D eigenvalue weighted by Gasteiger charge is 2.63. The van der Waals surface area contributed by atoms with Crippen LogP contribution in [-0.4, -0.2) is 40.4 Å². The van der Waals surface area contributed by atoms with Crippen molar-refractivity contribution in [2.75, 3.05) is 4.90 Å². The molecule has 6 rings (SSSR count). The van der Waals surface area contributed by atoms with Gasteiger partial charge in [-0.1, -0.05) is 63.9 Å². The molecule has 4 atom stereocenters. The lowest BCUT2D eigenvalue weighted by atomic mass is 9.85. The highest BCUT2D eigenvalue weighted by atomic mass is 79.9. The first-order valence-electron chi connectivity index (χ1n) is 12.1. The number of carbonyl (C=O) groups excluding carboxylic acids is 4. The van der Waals surface area contributed by atoms with Crippen molar-refractivity contribution in [3.8, 4) is 0 Å². The molecule has 2 amide bonds. The highest BCUT2D eigenvalue weighted by molar-refractivity contribution is 9.10. The summed E-state index contributed by atoms with van der Waals surface area (Å²) in [6.07, 6.45) is 5.04. The molecule has 3 aromatic carbocycles. The van der Waals surface area contributed by atoms with E-state index in [0.717, 1.165) is 4.47 Å². The second-order valence-electron chi connectivity index (χ2n) is 9.43. The summed E-state index contributed by atoms with van der Waals surface area (Å²) in [6.45, 7) is 0. The van der Waals surface area contributed by atoms with Crippen molar-refractivity contribution in [3.05, 3.63) is 123 Å². The maximum absolute atomic E-state index is 13.8. The number of fused-ring (bicyclic) bond motifs is 3. The van der Waals surface area contributed by atoms with E-state index in [0.29, 0.717) is 27.4 Å². The summed E-state index contributed by atoms with van der Waals surface area (Å²) in [5, 5.41) is 0.488. The molecule has 3 aliphatic heterocycles. The number of amides is 2. The van der Waals surface area contributed by atoms with Gasteiger partial charge in [-0.05, 0) is 54.6 Å². The minimum Gasteiger partial charge on any atom is -0.359 e. The van der Waals surface area contributed by atoms with Gasteiger partial charge < -0.3 is 4.90 Å². The third kappa shape index (κ3) is 3.94. The first-order valence-corrected chi connectivity index (χ1v) is 13.2. The van der Waals surface area contributed by atoms with Crippen LogP contribution in [-0.2, 0) is 9.59 Å². The van der Waals surface area contributed by atoms with Gasteiger partial charge in [0.15, 0.2) is 11.6 Å². The molecule has 0 N–H and O–H groups in total. The molecule has 0 aromatic heterocycles. The van der Waals surface area contributed by atoms with Crippen molar-refractivity contribution in [2.45, 2.75) is 12.1 Å². The van der Waals surface area contributed by atoms with Crippen LogP contribution < -0.4 is 4.90 Å². The Morgan fingerprint density at radius 1 is 0.789 bits per heavy atom. The monoisotopic (exact) mass is 586 g/mol. The smallest absolute Gasteiger partial charge is 0.240 e. The number of ketones is 2. The van der Waals surface area contributed by atoms with Crippen molar-refractivity contribution in [3.63, 3.8) is 0 Å². The Hall–Kier alpha value is -3.81. The Kier molecular flexibility index (Phi) is 6.13. The molecule has 0 bridgehead atoms. The molecule has 3 aromatic rings. The molecule has 6 nitrogen and oxygen atoms in total. The van der Waals surface area contributed by atoms with Crippen molar-refractivity contribution in [1.29, 1.82) is 0 Å². The van der Waals surface area contributed by atoms with E-state index in [4.69, 9.17) is 11.6 Å². The number of carbonyl (C=O) groups is 4. The van der Waals surface area contributed by atoms with Crippen LogP contribution in [0.15, 0.2) is 107 Å². The lowest BCUT2D eigenvalue weighted by molar-refractivity contribution is -0.123. The second kappa shape index (κ2) is 9.49. The van der Waals surface area contributed by atoms with Crippen LogP contribution in [0.25, 0.3) is 0 Å². The lowest BCUT2D eigenvalue weighted by Gasteiger charge is -2.32. The summed E-state index contributed by atoms with van der Waals surface area (Å²) >= 11 is 9.41. The summed E-state index contributed by atoms with van der Waals surface area (Å²) in [6, 6.07) is 20.7. The molecule has 0 radical (unpaired) electrons. The zero-order valence-corrected chi connectivity index (χ0v) is 22.2. The molecule has 38 heavy (non-hydrogen) atoms. The maximum atomic E-state index is 13.8. The number of allylic oxidation sites excluding steroid dienone is 2. The van der Waals surface area contributed by atoms with E-state index >= 15 is 0 Å². The first kappa shape index (κ1) is 24.5. The molecule has 8 heteroatoms. The van der Waals surface area contributed by atoms with Gasteiger partial charge in [-0.25, -0.2) is 4.90 Å². The quantitative estimate of drug-likeness (QED) is 0.292. The van der Waals surface area contributed by atoms with Crippen molar-refractivity contribution in [2.24, 2.45) is 11.8 Å². The van der Waals surface area contributed by atoms with Gasteiger partial charge >= 0.3 is 0 Å². The van der Waals surface area contributed by atoms with Crippen molar-refractivity contribution >= 4 is 56.6 Å². The molecule has 3 aliphatic rings. The molecule has 3 heterocycles. The maximum Gasteiger partial charge on any atom is 0.240 e. The van der Waals surface area contributed by atoms with E-state index in [1.54, 1.807) is 96.0 Å². The molecule has 0 spiro atoms. The van der Waals surface area contributed by atoms with Crippen molar-refractivity contribution < 1.29 is 19.2 Å². The third-order valence-corrected chi connectivity index (χ3v) is 8.11. The second-order valence-corrected chi connectivity index (χ2v) is 10.8. The molecular weight excluding hydrogens is 568 g/mol. The summed E-state index contributed by atoms with van der Waals surface area (Å²) in [4.78, 5) is 57.7. The van der Waals surface area contributed by atoms with Crippen molar-refractivity contribution in [1.82, 2.24) is 4.90 Å². The number of imide groups is 1. The molecule has 188 valence electrons. The van der Waals surface area contributed by atoms with Crippen LogP contribution in [0.3, 0.4) is 0 Å². The van der Waals surface area contributed by atoms with E-state index in [1.807, 2.05) is 6.07 Å². The number of rotatable bonds is 5. The van der Waals surface area contributed by atoms with Gasteiger partial charge in [-0.3, -0.25) is 19.2 Å². The van der Waals surface area contributed by atoms with E-state index in [-0.39, 0.29) is 17.5 Å². The lowest BCUT2D eigenvalue weighted by Crippen LogP contribution is -2.46. The Balaban J connectivity index is 1.43. The Bertz CT molecular complexity index is 1530. The van der Waals surface area contributed by atoms with E-state index < -0.39 is 29.8 Å². The minimum atomic E-state index is -0.913. The number of halogens is 2. The molecule has 2 fully saturated rings. The fourth-order valence-electron chi connectivity index (χ4n) is 5.58. The average Bonchev–Trinajstić information content (AvgIpc) is 3.41. The summed E-state index contributed by atoms with van der Waals surface area (Å²) in [5.74, 6) is -3.02. The van der Waals surface area contributed by atoms with Crippen LogP contribution in [0.4, 0.5) is 5.69 Å². The van der Waals surface area contributed by atoms with Gasteiger partial charge in [-0.15, -0.1) is 0 Å². The van der Waals surface area contributed by atoms with Crippen LogP contribution >= 0.6 is 27.5 Å². The van der Waals surface area contributed by atoms with E-state index in [1.165, 1.54) is 4.90 Å². The topological polar surface area (TPSA) is 74.8 Å². The molecule has 0 unspecified atom stereocenters. The highest BCUT2D eigenvalue weighted by Crippen LogP contribution is 2.47. The zero-order chi connectivity index (χ0) is 26.6. The predicted molar refractivity (Wildman–Crippen MR) is 147 cm³/mol. The van der Waals surface area contributed by atoms with Gasteiger partial charge in [0.2, 0.25) is 11.8 Å². The molecule has 2 saturated heterocycles. The SMILES string of the molecule is O=C(C1=C[C@@H]2[C@@H]3C(=O)N(c4ccc(Br)cc4)C(=O)[C@@H]3[C@@H](C(=O)c3ccc(Cl)cc3)N2C=C1)c1ccccc1. The number of anilines is 1. The third-order valence-electron chi connectivity index (χ3n) is 7.33. The molecule has 0 saturated carbocycles. The first-order chi connectivity index (χ1) is 18.3. The summed E-state index contributed by atoms with van der Waals surface area (Å²) in [5.41, 5.74) is 1.77. The Labute approximate surface area is 232 Å². The average molecular weight is 588 g/mol. The predicted octanol–water partition coefficient (Wildman–Crippen LogP) is 5.48. The van der Waals surface area contributed by atoms with Crippen LogP contribution in [0.2, 0.25) is 5.02 Å². The van der Waals surface area contributed by atoms with Gasteiger partial charge in [0, 0.05) is 32.4 Å². The van der Waals surface area contributed by atoms with Gasteiger partial charge in [-0.2, -0.15) is 0 Å². The van der Waals surface area contributed by atoms with Crippen LogP contribution in [0, 0.1) is 11.8 Å². The van der Waals surface area contributed by atoms with Gasteiger partial charge in [0.1, 0.15) is 6.04 Å². The fourth-order valence-corrected chi connectivity index (χ4v) is 5.97. The number of hydrogen-bond acceptors (Lipinski definition) is 5. The zero-order valence-electron chi connectivity index (χ0n) is 19.8. The standard InChI is InChI=1S/C30H20BrClN2O4/c31-20-8-12-22(13-9-20)34-29(37)24-23-16-19(27(35)17-4-2-1-3-5-17)14-15-33(23)26(25(24)30(34)38)28(36)18-6-10-21(32)11-7-18/h1-16,23-26H/t23-,24+,25+,26+/m1/s1. The Morgan fingerprint density at radius 2 is 1.45 bits per heavy atom. The normalized spacial score (nSPS) is 23.8. The minimum absolute atomic E-state index is 0.188. The molecular formula is C30H20BrClN2O4. The van der Waals surface area contributed by atoms with Crippen LogP contribution in [0.1, 0.15) is 20.7 Å². The van der Waals surface area contributed by atoms with Gasteiger partial charge in [0.05, 0.1) is 23.6 Å². The fraction of sp³-hybridized carbons (Fsp3) is 0.133. The van der Waals surface area contributed by atoms with E-state index in [2.05, 4.69) is 15.9 Å². The number of Topliss-reactive ketones (excluding diaryl/α,β-unsaturated/α-hetero) is 2. The Morgan fingerprint density at radius 3 is 2.13 bits per heavy atom. The van der Waals surface area contributed by atoms with Gasteiger partial charge in [0.25, 0.3) is 0 Å². The summed E-state index contributed by atoms with van der Waals surface area (Å²) < 4.78 is 0.812. The van der Waals surface area contributed by atoms with E-state index in [9.17, 15) is 19.2 Å². The number of benzene rings is 3. The van der Waals surface area contributed by atoms with Crippen LogP contribution in [0.5, 0.6) is 0 Å². The number of hydrogen-bond donors (Lipinski definition) is 0. The summed E-state index contributed by atoms with van der Waals surface area (Å²) in [7, 11) is 0. The number of nitrogens with zero attached hydrogens (tertiary/aromatic N) is 2.